The molecule has 0 radical (unpaired) electrons. The van der Waals surface area contributed by atoms with Crippen molar-refractivity contribution in [1.29, 1.82) is 0 Å². The lowest BCUT2D eigenvalue weighted by atomic mass is 9.95. The van der Waals surface area contributed by atoms with E-state index in [0.29, 0.717) is 0 Å². The van der Waals surface area contributed by atoms with Crippen molar-refractivity contribution in [3.63, 3.8) is 0 Å². The number of aliphatic hydroxyl groups excluding tert-OH is 1. The molecule has 102 valence electrons. The van der Waals surface area contributed by atoms with Crippen LogP contribution in [-0.2, 0) is 5.41 Å². The standard InChI is InChI=1S/C15H16Br2OS/c1-15(2,3)13-5-4-12(19-13)14(18)9-6-10(16)8-11(17)7-9/h4-8,14,18H,1-3H3. The molecule has 0 saturated heterocycles. The molecule has 1 nitrogen and oxygen atoms in total. The highest BCUT2D eigenvalue weighted by molar-refractivity contribution is 9.11. The largest absolute Gasteiger partial charge is 0.383 e. The van der Waals surface area contributed by atoms with Crippen molar-refractivity contribution in [2.45, 2.75) is 32.3 Å². The highest BCUT2D eigenvalue weighted by Gasteiger charge is 2.20. The Labute approximate surface area is 134 Å². The zero-order valence-corrected chi connectivity index (χ0v) is 15.1. The lowest BCUT2D eigenvalue weighted by Crippen LogP contribution is -2.07. The van der Waals surface area contributed by atoms with Crippen molar-refractivity contribution < 1.29 is 5.11 Å². The van der Waals surface area contributed by atoms with Crippen LogP contribution in [0.5, 0.6) is 0 Å². The van der Waals surface area contributed by atoms with E-state index in [-0.39, 0.29) is 5.41 Å². The molecule has 0 fully saturated rings. The molecular formula is C15H16Br2OS. The molecule has 4 heteroatoms. The Morgan fingerprint density at radius 3 is 2.11 bits per heavy atom. The van der Waals surface area contributed by atoms with E-state index in [1.807, 2.05) is 24.3 Å². The van der Waals surface area contributed by atoms with Gasteiger partial charge in [0.05, 0.1) is 0 Å². The second kappa shape index (κ2) is 5.68. The predicted octanol–water partition coefficient (Wildman–Crippen LogP) is 5.65. The highest BCUT2D eigenvalue weighted by atomic mass is 79.9. The van der Waals surface area contributed by atoms with Gasteiger partial charge < -0.3 is 5.11 Å². The SMILES string of the molecule is CC(C)(C)c1ccc(C(O)c2cc(Br)cc(Br)c2)s1. The summed E-state index contributed by atoms with van der Waals surface area (Å²) in [6.07, 6.45) is -0.574. The first-order valence-corrected chi connectivity index (χ1v) is 8.42. The number of rotatable bonds is 2. The van der Waals surface area contributed by atoms with Crippen LogP contribution < -0.4 is 0 Å². The minimum Gasteiger partial charge on any atom is -0.383 e. The molecule has 0 aliphatic rings. The summed E-state index contributed by atoms with van der Waals surface area (Å²) >= 11 is 8.58. The minimum absolute atomic E-state index is 0.125. The normalized spacial score (nSPS) is 13.6. The molecule has 1 aromatic heterocycles. The van der Waals surface area contributed by atoms with Crippen LogP contribution in [0.2, 0.25) is 0 Å². The third-order valence-electron chi connectivity index (χ3n) is 2.84. The van der Waals surface area contributed by atoms with Gasteiger partial charge in [0.1, 0.15) is 6.10 Å². The van der Waals surface area contributed by atoms with Crippen LogP contribution in [-0.4, -0.2) is 5.11 Å². The lowest BCUT2D eigenvalue weighted by Gasteiger charge is -2.16. The van der Waals surface area contributed by atoms with Crippen LogP contribution >= 0.6 is 43.2 Å². The molecule has 1 heterocycles. The first-order chi connectivity index (χ1) is 8.77. The zero-order valence-electron chi connectivity index (χ0n) is 11.1. The molecule has 0 aliphatic carbocycles. The van der Waals surface area contributed by atoms with E-state index in [2.05, 4.69) is 58.7 Å². The van der Waals surface area contributed by atoms with Gasteiger partial charge in [0.2, 0.25) is 0 Å². The van der Waals surface area contributed by atoms with Crippen LogP contribution in [0.4, 0.5) is 0 Å². The van der Waals surface area contributed by atoms with Crippen molar-refractivity contribution in [3.8, 4) is 0 Å². The zero-order chi connectivity index (χ0) is 14.2. The molecule has 2 aromatic rings. The number of benzene rings is 1. The molecule has 1 unspecified atom stereocenters. The van der Waals surface area contributed by atoms with E-state index in [1.54, 1.807) is 11.3 Å². The van der Waals surface area contributed by atoms with Gasteiger partial charge >= 0.3 is 0 Å². The monoisotopic (exact) mass is 402 g/mol. The summed E-state index contributed by atoms with van der Waals surface area (Å²) in [5, 5.41) is 10.5. The quantitative estimate of drug-likeness (QED) is 0.686. The Hall–Kier alpha value is -0.160. The molecule has 0 amide bonds. The van der Waals surface area contributed by atoms with E-state index < -0.39 is 6.10 Å². The van der Waals surface area contributed by atoms with Gasteiger partial charge in [0, 0.05) is 18.7 Å². The fourth-order valence-corrected chi connectivity index (χ4v) is 4.21. The molecular weight excluding hydrogens is 388 g/mol. The number of halogens is 2. The van der Waals surface area contributed by atoms with Crippen LogP contribution in [0.25, 0.3) is 0 Å². The van der Waals surface area contributed by atoms with Gasteiger partial charge in [0.15, 0.2) is 0 Å². The van der Waals surface area contributed by atoms with Gasteiger partial charge in [-0.1, -0.05) is 52.6 Å². The summed E-state index contributed by atoms with van der Waals surface area (Å²) < 4.78 is 1.92. The lowest BCUT2D eigenvalue weighted by molar-refractivity contribution is 0.224. The number of hydrogen-bond donors (Lipinski definition) is 1. The summed E-state index contributed by atoms with van der Waals surface area (Å²) in [7, 11) is 0. The maximum Gasteiger partial charge on any atom is 0.113 e. The summed E-state index contributed by atoms with van der Waals surface area (Å²) in [6, 6.07) is 9.99. The van der Waals surface area contributed by atoms with Crippen LogP contribution in [0, 0.1) is 0 Å². The van der Waals surface area contributed by atoms with Crippen molar-refractivity contribution in [2.24, 2.45) is 0 Å². The van der Waals surface area contributed by atoms with E-state index in [9.17, 15) is 5.11 Å². The fourth-order valence-electron chi connectivity index (χ4n) is 1.80. The minimum atomic E-state index is -0.574. The van der Waals surface area contributed by atoms with Crippen LogP contribution in [0.1, 0.15) is 42.2 Å². The van der Waals surface area contributed by atoms with Gasteiger partial charge in [-0.15, -0.1) is 11.3 Å². The van der Waals surface area contributed by atoms with Crippen molar-refractivity contribution >= 4 is 43.2 Å². The fraction of sp³-hybridized carbons (Fsp3) is 0.333. The van der Waals surface area contributed by atoms with Crippen LogP contribution in [0.3, 0.4) is 0 Å². The summed E-state index contributed by atoms with van der Waals surface area (Å²) in [5.74, 6) is 0. The second-order valence-corrected chi connectivity index (χ2v) is 8.50. The molecule has 1 aromatic carbocycles. The van der Waals surface area contributed by atoms with E-state index in [1.165, 1.54) is 4.88 Å². The molecule has 0 bridgehead atoms. The maximum absolute atomic E-state index is 10.5. The Kier molecular flexibility index (Phi) is 4.56. The number of thiophene rings is 1. The third kappa shape index (κ3) is 3.69. The molecule has 0 aliphatic heterocycles. The molecule has 19 heavy (non-hydrogen) atoms. The Morgan fingerprint density at radius 1 is 1.05 bits per heavy atom. The van der Waals surface area contributed by atoms with Gasteiger partial charge in [-0.25, -0.2) is 0 Å². The Balaban J connectivity index is 2.33. The van der Waals surface area contributed by atoms with Gasteiger partial charge in [-0.3, -0.25) is 0 Å². The van der Waals surface area contributed by atoms with Gasteiger partial charge in [-0.05, 0) is 41.3 Å². The highest BCUT2D eigenvalue weighted by Crippen LogP contribution is 2.35. The molecule has 2 rings (SSSR count). The van der Waals surface area contributed by atoms with E-state index in [0.717, 1.165) is 19.4 Å². The Morgan fingerprint density at radius 2 is 1.63 bits per heavy atom. The van der Waals surface area contributed by atoms with Crippen molar-refractivity contribution in [3.05, 3.63) is 54.6 Å². The van der Waals surface area contributed by atoms with E-state index >= 15 is 0 Å². The average Bonchev–Trinajstić information content (AvgIpc) is 2.75. The first-order valence-electron chi connectivity index (χ1n) is 6.01. The average molecular weight is 404 g/mol. The van der Waals surface area contributed by atoms with Crippen LogP contribution in [0.15, 0.2) is 39.3 Å². The summed E-state index contributed by atoms with van der Waals surface area (Å²) in [6.45, 7) is 6.56. The van der Waals surface area contributed by atoms with Crippen molar-refractivity contribution in [1.82, 2.24) is 0 Å². The molecule has 1 atom stereocenters. The first kappa shape index (κ1) is 15.2. The summed E-state index contributed by atoms with van der Waals surface area (Å²) in [5.41, 5.74) is 1.02. The van der Waals surface area contributed by atoms with E-state index in [4.69, 9.17) is 0 Å². The number of hydrogen-bond acceptors (Lipinski definition) is 2. The Bertz CT molecular complexity index is 564. The van der Waals surface area contributed by atoms with Gasteiger partial charge in [-0.2, -0.15) is 0 Å². The third-order valence-corrected chi connectivity index (χ3v) is 5.32. The molecule has 1 N–H and O–H groups in total. The second-order valence-electron chi connectivity index (χ2n) is 5.56. The molecule has 0 saturated carbocycles. The number of aliphatic hydroxyl groups is 1. The predicted molar refractivity (Wildman–Crippen MR) is 88.9 cm³/mol. The van der Waals surface area contributed by atoms with Gasteiger partial charge in [0.25, 0.3) is 0 Å². The van der Waals surface area contributed by atoms with Crippen molar-refractivity contribution in [2.75, 3.05) is 0 Å². The summed E-state index contributed by atoms with van der Waals surface area (Å²) in [4.78, 5) is 2.27. The topological polar surface area (TPSA) is 20.2 Å². The molecule has 0 spiro atoms. The smallest absolute Gasteiger partial charge is 0.113 e. The maximum atomic E-state index is 10.5.